The van der Waals surface area contributed by atoms with Gasteiger partial charge < -0.3 is 14.8 Å². The molecule has 190 valence electrons. The summed E-state index contributed by atoms with van der Waals surface area (Å²) in [4.78, 5) is 32.3. The number of hydrogen-bond acceptors (Lipinski definition) is 3. The van der Waals surface area contributed by atoms with E-state index in [0.717, 1.165) is 36.8 Å². The average Bonchev–Trinajstić information content (AvgIpc) is 3.20. The fourth-order valence-electron chi connectivity index (χ4n) is 6.52. The third kappa shape index (κ3) is 4.87. The molecule has 35 heavy (non-hydrogen) atoms. The number of nitrogens with zero attached hydrogens (tertiary/aromatic N) is 3. The summed E-state index contributed by atoms with van der Waals surface area (Å²) in [6, 6.07) is 10.9. The van der Waals surface area contributed by atoms with E-state index < -0.39 is 5.54 Å². The van der Waals surface area contributed by atoms with Gasteiger partial charge in [-0.3, -0.25) is 14.5 Å². The molecule has 3 aliphatic rings. The largest absolute Gasteiger partial charge is 0.351 e. The van der Waals surface area contributed by atoms with Gasteiger partial charge in [-0.15, -0.1) is 0 Å². The fraction of sp³-hybridized carbons (Fsp3) is 0.655. The molecule has 2 amide bonds. The van der Waals surface area contributed by atoms with Gasteiger partial charge in [0.05, 0.1) is 6.54 Å². The Morgan fingerprint density at radius 2 is 1.71 bits per heavy atom. The molecule has 0 bridgehead atoms. The monoisotopic (exact) mass is 478 g/mol. The minimum atomic E-state index is -0.909. The zero-order chi connectivity index (χ0) is 24.4. The number of nitrogens with one attached hydrogen (secondary N) is 1. The smallest absolute Gasteiger partial charge is 0.271 e. The maximum atomic E-state index is 14.0. The van der Waals surface area contributed by atoms with E-state index in [4.69, 9.17) is 0 Å². The third-order valence-corrected chi connectivity index (χ3v) is 8.82. The summed E-state index contributed by atoms with van der Waals surface area (Å²) in [6.45, 7) is 7.25. The molecule has 2 aromatic rings. The van der Waals surface area contributed by atoms with Crippen molar-refractivity contribution in [2.45, 2.75) is 102 Å². The number of hydrogen-bond donors (Lipinski definition) is 1. The van der Waals surface area contributed by atoms with Gasteiger partial charge in [-0.05, 0) is 58.2 Å². The van der Waals surface area contributed by atoms with E-state index in [1.54, 1.807) is 0 Å². The number of benzene rings is 1. The molecule has 1 aliphatic carbocycles. The van der Waals surface area contributed by atoms with Crippen LogP contribution >= 0.6 is 0 Å². The van der Waals surface area contributed by atoms with Crippen LogP contribution in [0.25, 0.3) is 10.9 Å². The van der Waals surface area contributed by atoms with E-state index in [1.807, 2.05) is 30.0 Å². The molecule has 1 aromatic carbocycles. The first-order chi connectivity index (χ1) is 17.0. The van der Waals surface area contributed by atoms with Crippen LogP contribution in [0.3, 0.4) is 0 Å². The molecule has 1 N–H and O–H groups in total. The third-order valence-electron chi connectivity index (χ3n) is 8.82. The minimum Gasteiger partial charge on any atom is -0.351 e. The number of carbonyl (C=O) groups excluding carboxylic acids is 2. The number of amides is 2. The van der Waals surface area contributed by atoms with E-state index in [2.05, 4.69) is 33.8 Å². The van der Waals surface area contributed by atoms with E-state index in [1.165, 1.54) is 51.4 Å². The Kier molecular flexibility index (Phi) is 7.19. The molecular formula is C29H42N4O2. The Morgan fingerprint density at radius 1 is 1.00 bits per heavy atom. The van der Waals surface area contributed by atoms with E-state index in [-0.39, 0.29) is 17.9 Å². The second-order valence-electron chi connectivity index (χ2n) is 11.3. The standard InChI is InChI=1S/C29H42N4O2/c1-22-12-10-11-17-31(22)18-19-33-27(34)26-20-23-13-8-9-16-25(23)32(26)21-29(33,2)28(35)30-24-14-6-4-3-5-7-15-24/h8-9,13,16,20,22,24H,3-7,10-12,14-15,17-19,21H2,1-2H3,(H,30,35). The van der Waals surface area contributed by atoms with Crippen LogP contribution in [0.1, 0.15) is 88.5 Å². The van der Waals surface area contributed by atoms with Gasteiger partial charge in [-0.2, -0.15) is 0 Å². The summed E-state index contributed by atoms with van der Waals surface area (Å²) in [6.07, 6.45) is 11.9. The number of likely N-dealkylation sites (tertiary alicyclic amines) is 1. The molecule has 0 spiro atoms. The minimum absolute atomic E-state index is 0.00606. The summed E-state index contributed by atoms with van der Waals surface area (Å²) in [5, 5.41) is 4.47. The van der Waals surface area contributed by atoms with Gasteiger partial charge in [0.2, 0.25) is 5.91 Å². The van der Waals surface area contributed by atoms with Crippen molar-refractivity contribution in [1.82, 2.24) is 19.7 Å². The predicted octanol–water partition coefficient (Wildman–Crippen LogP) is 4.96. The molecule has 1 saturated carbocycles. The lowest BCUT2D eigenvalue weighted by Gasteiger charge is -2.46. The topological polar surface area (TPSA) is 57.6 Å². The highest BCUT2D eigenvalue weighted by Crippen LogP contribution is 2.33. The Morgan fingerprint density at radius 3 is 2.49 bits per heavy atom. The Labute approximate surface area is 210 Å². The molecular weight excluding hydrogens is 436 g/mol. The van der Waals surface area contributed by atoms with E-state index >= 15 is 0 Å². The molecule has 5 rings (SSSR count). The maximum absolute atomic E-state index is 14.0. The summed E-state index contributed by atoms with van der Waals surface area (Å²) >= 11 is 0. The molecule has 6 nitrogen and oxygen atoms in total. The zero-order valence-corrected chi connectivity index (χ0v) is 21.6. The van der Waals surface area contributed by atoms with Crippen LogP contribution in [0.2, 0.25) is 0 Å². The molecule has 2 aliphatic heterocycles. The summed E-state index contributed by atoms with van der Waals surface area (Å²) in [5.74, 6) is -0.0148. The Hall–Kier alpha value is -2.34. The zero-order valence-electron chi connectivity index (χ0n) is 21.6. The lowest BCUT2D eigenvalue weighted by atomic mass is 9.92. The summed E-state index contributed by atoms with van der Waals surface area (Å²) in [7, 11) is 0. The first-order valence-electron chi connectivity index (χ1n) is 13.9. The Bertz CT molecular complexity index is 1050. The van der Waals surface area contributed by atoms with Crippen LogP contribution in [0.15, 0.2) is 30.3 Å². The highest BCUT2D eigenvalue weighted by atomic mass is 16.2. The van der Waals surface area contributed by atoms with Crippen molar-refractivity contribution in [2.75, 3.05) is 19.6 Å². The van der Waals surface area contributed by atoms with Crippen LogP contribution in [-0.4, -0.2) is 63.4 Å². The van der Waals surface area contributed by atoms with Crippen LogP contribution < -0.4 is 5.32 Å². The van der Waals surface area contributed by atoms with Crippen molar-refractivity contribution in [1.29, 1.82) is 0 Å². The quantitative estimate of drug-likeness (QED) is 0.661. The van der Waals surface area contributed by atoms with E-state index in [9.17, 15) is 9.59 Å². The number of fused-ring (bicyclic) bond motifs is 3. The molecule has 0 radical (unpaired) electrons. The highest BCUT2D eigenvalue weighted by Gasteiger charge is 2.48. The van der Waals surface area contributed by atoms with Gasteiger partial charge >= 0.3 is 0 Å². The van der Waals surface area contributed by atoms with Gasteiger partial charge in [-0.1, -0.05) is 56.7 Å². The van der Waals surface area contributed by atoms with Gasteiger partial charge in [-0.25, -0.2) is 0 Å². The number of rotatable bonds is 5. The average molecular weight is 479 g/mol. The number of piperidine rings is 1. The van der Waals surface area contributed by atoms with Crippen molar-refractivity contribution >= 4 is 22.7 Å². The number of para-hydroxylation sites is 1. The van der Waals surface area contributed by atoms with Crippen LogP contribution in [0.5, 0.6) is 0 Å². The lowest BCUT2D eigenvalue weighted by Crippen LogP contribution is -2.66. The molecule has 3 heterocycles. The SMILES string of the molecule is CC1CCCCN1CCN1C(=O)c2cc3ccccc3n2CC1(C)C(=O)NC1CCCCCCC1. The van der Waals surface area contributed by atoms with Crippen molar-refractivity contribution in [3.63, 3.8) is 0 Å². The Balaban J connectivity index is 1.43. The van der Waals surface area contributed by atoms with Crippen molar-refractivity contribution in [3.8, 4) is 0 Å². The van der Waals surface area contributed by atoms with Crippen LogP contribution in [-0.2, 0) is 11.3 Å². The van der Waals surface area contributed by atoms with E-state index in [0.29, 0.717) is 24.8 Å². The first-order valence-corrected chi connectivity index (χ1v) is 13.9. The molecule has 6 heteroatoms. The molecule has 1 saturated heterocycles. The van der Waals surface area contributed by atoms with Crippen molar-refractivity contribution in [3.05, 3.63) is 36.0 Å². The van der Waals surface area contributed by atoms with Crippen molar-refractivity contribution in [2.24, 2.45) is 0 Å². The second kappa shape index (κ2) is 10.3. The second-order valence-corrected chi connectivity index (χ2v) is 11.3. The van der Waals surface area contributed by atoms with Gasteiger partial charge in [0.25, 0.3) is 5.91 Å². The van der Waals surface area contributed by atoms with Gasteiger partial charge in [0, 0.05) is 36.1 Å². The molecule has 1 aromatic heterocycles. The molecule has 2 unspecified atom stereocenters. The van der Waals surface area contributed by atoms with Crippen LogP contribution in [0, 0.1) is 0 Å². The maximum Gasteiger partial charge on any atom is 0.271 e. The molecule has 2 atom stereocenters. The summed E-state index contributed by atoms with van der Waals surface area (Å²) in [5.41, 5.74) is 0.826. The fourth-order valence-corrected chi connectivity index (χ4v) is 6.52. The molecule has 2 fully saturated rings. The predicted molar refractivity (Wildman–Crippen MR) is 141 cm³/mol. The van der Waals surface area contributed by atoms with Crippen LogP contribution in [0.4, 0.5) is 0 Å². The van der Waals surface area contributed by atoms with Gasteiger partial charge in [0.15, 0.2) is 0 Å². The normalized spacial score (nSPS) is 26.9. The highest BCUT2D eigenvalue weighted by molar-refractivity contribution is 6.03. The van der Waals surface area contributed by atoms with Gasteiger partial charge in [0.1, 0.15) is 11.2 Å². The number of aromatic nitrogens is 1. The van der Waals surface area contributed by atoms with Crippen molar-refractivity contribution < 1.29 is 9.59 Å². The summed E-state index contributed by atoms with van der Waals surface area (Å²) < 4.78 is 2.08. The first kappa shape index (κ1) is 24.4. The lowest BCUT2D eigenvalue weighted by molar-refractivity contribution is -0.133. The number of carbonyl (C=O) groups is 2.